The Labute approximate surface area is 127 Å². The summed E-state index contributed by atoms with van der Waals surface area (Å²) in [6.07, 6.45) is 2.63. The van der Waals surface area contributed by atoms with E-state index in [9.17, 15) is 4.79 Å². The fourth-order valence-electron chi connectivity index (χ4n) is 2.69. The van der Waals surface area contributed by atoms with E-state index in [0.29, 0.717) is 6.04 Å². The fourth-order valence-corrected chi connectivity index (χ4v) is 2.69. The summed E-state index contributed by atoms with van der Waals surface area (Å²) in [7, 11) is 1.99. The predicted octanol–water partition coefficient (Wildman–Crippen LogP) is 2.58. The van der Waals surface area contributed by atoms with Gasteiger partial charge in [0, 0.05) is 12.1 Å². The summed E-state index contributed by atoms with van der Waals surface area (Å²) in [6, 6.07) is 6.76. The lowest BCUT2D eigenvalue weighted by Crippen LogP contribution is -2.40. The molecule has 1 aliphatic rings. The van der Waals surface area contributed by atoms with Gasteiger partial charge in [-0.2, -0.15) is 0 Å². The molecule has 0 saturated heterocycles. The van der Waals surface area contributed by atoms with E-state index < -0.39 is 6.10 Å². The summed E-state index contributed by atoms with van der Waals surface area (Å²) in [5.74, 6) is 0.718. The Morgan fingerprint density at radius 1 is 1.43 bits per heavy atom. The highest BCUT2D eigenvalue weighted by atomic mass is 16.5. The van der Waals surface area contributed by atoms with Gasteiger partial charge >= 0.3 is 0 Å². The molecule has 1 amide bonds. The second-order valence-corrected chi connectivity index (χ2v) is 5.82. The topological polar surface area (TPSA) is 50.4 Å². The minimum atomic E-state index is -0.474. The molecule has 3 unspecified atom stereocenters. The van der Waals surface area contributed by atoms with Crippen molar-refractivity contribution in [1.29, 1.82) is 0 Å². The zero-order valence-corrected chi connectivity index (χ0v) is 13.4. The van der Waals surface area contributed by atoms with E-state index in [4.69, 9.17) is 4.74 Å². The first kappa shape index (κ1) is 15.8. The van der Waals surface area contributed by atoms with Crippen molar-refractivity contribution in [2.24, 2.45) is 0 Å². The number of amides is 1. The molecule has 4 nitrogen and oxygen atoms in total. The molecule has 116 valence electrons. The Kier molecular flexibility index (Phi) is 5.23. The molecule has 2 N–H and O–H groups in total. The molecule has 0 saturated carbocycles. The maximum Gasteiger partial charge on any atom is 0.260 e. The van der Waals surface area contributed by atoms with E-state index >= 15 is 0 Å². The van der Waals surface area contributed by atoms with Crippen molar-refractivity contribution in [2.45, 2.75) is 58.2 Å². The highest BCUT2D eigenvalue weighted by Crippen LogP contribution is 2.33. The number of ether oxygens (including phenoxy) is 1. The van der Waals surface area contributed by atoms with E-state index in [-0.39, 0.29) is 11.9 Å². The lowest BCUT2D eigenvalue weighted by Gasteiger charge is -2.18. The number of rotatable bonds is 6. The van der Waals surface area contributed by atoms with Gasteiger partial charge in [0.1, 0.15) is 5.75 Å². The third-order valence-electron chi connectivity index (χ3n) is 4.22. The predicted molar refractivity (Wildman–Crippen MR) is 84.5 cm³/mol. The maximum atomic E-state index is 12.0. The SMILES string of the molecule is CCC(C)NC(=O)C(C)Oc1ccc2c(c1)CCC2NC. The van der Waals surface area contributed by atoms with Crippen LogP contribution in [0.25, 0.3) is 0 Å². The van der Waals surface area contributed by atoms with Crippen LogP contribution in [-0.2, 0) is 11.2 Å². The van der Waals surface area contributed by atoms with E-state index in [1.54, 1.807) is 6.92 Å². The van der Waals surface area contributed by atoms with Gasteiger partial charge in [0.05, 0.1) is 0 Å². The average Bonchev–Trinajstić information content (AvgIpc) is 2.89. The van der Waals surface area contributed by atoms with Crippen LogP contribution in [0.2, 0.25) is 0 Å². The minimum Gasteiger partial charge on any atom is -0.481 e. The van der Waals surface area contributed by atoms with Crippen LogP contribution in [-0.4, -0.2) is 25.1 Å². The molecule has 21 heavy (non-hydrogen) atoms. The van der Waals surface area contributed by atoms with E-state index in [1.165, 1.54) is 11.1 Å². The molecule has 0 spiro atoms. The van der Waals surface area contributed by atoms with Gasteiger partial charge in [-0.25, -0.2) is 0 Å². The molecule has 0 radical (unpaired) electrons. The molecule has 1 aliphatic carbocycles. The number of nitrogens with one attached hydrogen (secondary N) is 2. The van der Waals surface area contributed by atoms with Gasteiger partial charge < -0.3 is 15.4 Å². The molecule has 0 fully saturated rings. The summed E-state index contributed by atoms with van der Waals surface area (Å²) >= 11 is 0. The van der Waals surface area contributed by atoms with Crippen molar-refractivity contribution in [3.63, 3.8) is 0 Å². The fraction of sp³-hybridized carbons (Fsp3) is 0.588. The largest absolute Gasteiger partial charge is 0.481 e. The lowest BCUT2D eigenvalue weighted by atomic mass is 10.1. The summed E-state index contributed by atoms with van der Waals surface area (Å²) in [5, 5.41) is 6.27. The minimum absolute atomic E-state index is 0.0575. The highest BCUT2D eigenvalue weighted by Gasteiger charge is 2.22. The van der Waals surface area contributed by atoms with Gasteiger partial charge in [-0.15, -0.1) is 0 Å². The molecule has 1 aromatic rings. The first-order chi connectivity index (χ1) is 10.0. The number of benzene rings is 1. The van der Waals surface area contributed by atoms with Gasteiger partial charge in [-0.1, -0.05) is 13.0 Å². The Balaban J connectivity index is 1.99. The number of carbonyl (C=O) groups excluding carboxylic acids is 1. The molecule has 0 aliphatic heterocycles. The number of carbonyl (C=O) groups is 1. The van der Waals surface area contributed by atoms with E-state index in [1.807, 2.05) is 20.0 Å². The van der Waals surface area contributed by atoms with Crippen LogP contribution in [0.5, 0.6) is 5.75 Å². The molecule has 2 rings (SSSR count). The van der Waals surface area contributed by atoms with Crippen molar-refractivity contribution < 1.29 is 9.53 Å². The van der Waals surface area contributed by atoms with Crippen LogP contribution >= 0.6 is 0 Å². The monoisotopic (exact) mass is 290 g/mol. The average molecular weight is 290 g/mol. The normalized spacial score (nSPS) is 19.7. The van der Waals surface area contributed by atoms with Crippen LogP contribution in [0.3, 0.4) is 0 Å². The third-order valence-corrected chi connectivity index (χ3v) is 4.22. The zero-order valence-electron chi connectivity index (χ0n) is 13.4. The van der Waals surface area contributed by atoms with Crippen LogP contribution < -0.4 is 15.4 Å². The van der Waals surface area contributed by atoms with E-state index in [0.717, 1.165) is 25.0 Å². The Morgan fingerprint density at radius 3 is 2.86 bits per heavy atom. The van der Waals surface area contributed by atoms with Gasteiger partial charge in [-0.05, 0) is 63.4 Å². The number of fused-ring (bicyclic) bond motifs is 1. The van der Waals surface area contributed by atoms with Crippen LogP contribution in [0, 0.1) is 0 Å². The number of aryl methyl sites for hydroxylation is 1. The summed E-state index contributed by atoms with van der Waals surface area (Å²) < 4.78 is 5.78. The number of hydrogen-bond donors (Lipinski definition) is 2. The molecular formula is C17H26N2O2. The molecule has 1 aromatic carbocycles. The summed E-state index contributed by atoms with van der Waals surface area (Å²) in [4.78, 5) is 12.0. The van der Waals surface area contributed by atoms with Crippen molar-refractivity contribution in [3.8, 4) is 5.75 Å². The Hall–Kier alpha value is -1.55. The third kappa shape index (κ3) is 3.76. The van der Waals surface area contributed by atoms with Gasteiger partial charge in [-0.3, -0.25) is 4.79 Å². The Bertz CT molecular complexity index is 502. The van der Waals surface area contributed by atoms with Crippen molar-refractivity contribution in [3.05, 3.63) is 29.3 Å². The Morgan fingerprint density at radius 2 is 2.19 bits per heavy atom. The summed E-state index contributed by atoms with van der Waals surface area (Å²) in [6.45, 7) is 5.84. The lowest BCUT2D eigenvalue weighted by molar-refractivity contribution is -0.127. The van der Waals surface area contributed by atoms with Crippen LogP contribution in [0.15, 0.2) is 18.2 Å². The van der Waals surface area contributed by atoms with Crippen molar-refractivity contribution in [1.82, 2.24) is 10.6 Å². The van der Waals surface area contributed by atoms with Crippen LogP contribution in [0.1, 0.15) is 50.8 Å². The summed E-state index contributed by atoms with van der Waals surface area (Å²) in [5.41, 5.74) is 2.67. The van der Waals surface area contributed by atoms with Gasteiger partial charge in [0.15, 0.2) is 6.10 Å². The molecule has 0 heterocycles. The maximum absolute atomic E-state index is 12.0. The second-order valence-electron chi connectivity index (χ2n) is 5.82. The van der Waals surface area contributed by atoms with Gasteiger partial charge in [0.2, 0.25) is 0 Å². The molecule has 0 aromatic heterocycles. The highest BCUT2D eigenvalue weighted by molar-refractivity contribution is 5.80. The molecular weight excluding hydrogens is 264 g/mol. The standard InChI is InChI=1S/C17H26N2O2/c1-5-11(2)19-17(20)12(3)21-14-7-8-15-13(10-14)6-9-16(15)18-4/h7-8,10-12,16,18H,5-6,9H2,1-4H3,(H,19,20). The first-order valence-corrected chi connectivity index (χ1v) is 7.82. The quantitative estimate of drug-likeness (QED) is 0.846. The molecule has 4 heteroatoms. The van der Waals surface area contributed by atoms with E-state index in [2.05, 4.69) is 29.7 Å². The first-order valence-electron chi connectivity index (χ1n) is 7.82. The van der Waals surface area contributed by atoms with Crippen molar-refractivity contribution in [2.75, 3.05) is 7.05 Å². The van der Waals surface area contributed by atoms with Crippen molar-refractivity contribution >= 4 is 5.91 Å². The number of hydrogen-bond acceptors (Lipinski definition) is 3. The molecule has 0 bridgehead atoms. The van der Waals surface area contributed by atoms with Crippen LogP contribution in [0.4, 0.5) is 0 Å². The van der Waals surface area contributed by atoms with Gasteiger partial charge in [0.25, 0.3) is 5.91 Å². The smallest absolute Gasteiger partial charge is 0.260 e. The zero-order chi connectivity index (χ0) is 15.4. The molecule has 3 atom stereocenters. The second kappa shape index (κ2) is 6.94.